The Labute approximate surface area is 103 Å². The van der Waals surface area contributed by atoms with Crippen LogP contribution in [0.5, 0.6) is 0 Å². The van der Waals surface area contributed by atoms with Crippen molar-refractivity contribution in [1.29, 1.82) is 0 Å². The van der Waals surface area contributed by atoms with Gasteiger partial charge in [-0.3, -0.25) is 9.36 Å². The largest absolute Gasteiger partial charge is 0.481 e. The van der Waals surface area contributed by atoms with Gasteiger partial charge in [-0.25, -0.2) is 4.79 Å². The van der Waals surface area contributed by atoms with Crippen molar-refractivity contribution in [2.24, 2.45) is 5.73 Å². The van der Waals surface area contributed by atoms with E-state index in [0.717, 1.165) is 0 Å². The molecule has 1 unspecified atom stereocenters. The molecule has 0 aliphatic heterocycles. The molecule has 1 heterocycles. The van der Waals surface area contributed by atoms with E-state index < -0.39 is 11.9 Å². The molecule has 18 heavy (non-hydrogen) atoms. The summed E-state index contributed by atoms with van der Waals surface area (Å²) in [4.78, 5) is 24.9. The van der Waals surface area contributed by atoms with E-state index in [1.54, 1.807) is 30.5 Å². The summed E-state index contributed by atoms with van der Waals surface area (Å²) < 4.78 is 1.43. The van der Waals surface area contributed by atoms with Gasteiger partial charge in [0.2, 0.25) is 0 Å². The molecular formula is C12H13N3O3. The molecular weight excluding hydrogens is 234 g/mol. The Morgan fingerprint density at radius 3 is 2.50 bits per heavy atom. The summed E-state index contributed by atoms with van der Waals surface area (Å²) in [6.45, 7) is 0.0405. The number of hydrogen-bond acceptors (Lipinski definition) is 3. The second-order valence-corrected chi connectivity index (χ2v) is 3.85. The Kier molecular flexibility index (Phi) is 3.29. The molecule has 0 fully saturated rings. The Morgan fingerprint density at radius 2 is 2.06 bits per heavy atom. The van der Waals surface area contributed by atoms with E-state index in [2.05, 4.69) is 4.98 Å². The summed E-state index contributed by atoms with van der Waals surface area (Å²) in [7, 11) is 0. The van der Waals surface area contributed by atoms with Crippen molar-refractivity contribution in [1.82, 2.24) is 9.55 Å². The number of rotatable bonds is 4. The number of hydrogen-bond donors (Lipinski definition) is 3. The quantitative estimate of drug-likeness (QED) is 0.722. The van der Waals surface area contributed by atoms with E-state index in [-0.39, 0.29) is 12.2 Å². The third kappa shape index (κ3) is 2.18. The van der Waals surface area contributed by atoms with E-state index in [4.69, 9.17) is 10.8 Å². The number of aromatic amines is 1. The molecule has 2 rings (SSSR count). The van der Waals surface area contributed by atoms with E-state index in [1.165, 1.54) is 10.8 Å². The van der Waals surface area contributed by atoms with Gasteiger partial charge in [0.05, 0.1) is 11.6 Å². The van der Waals surface area contributed by atoms with Crippen LogP contribution in [0.25, 0.3) is 5.69 Å². The second kappa shape index (κ2) is 4.89. The minimum absolute atomic E-state index is 0.0405. The van der Waals surface area contributed by atoms with Crippen LogP contribution in [-0.4, -0.2) is 27.2 Å². The SMILES string of the molecule is NCC(C(=O)O)c1ccc(-n2cc[nH]c2=O)cc1. The highest BCUT2D eigenvalue weighted by molar-refractivity contribution is 5.76. The third-order valence-electron chi connectivity index (χ3n) is 2.76. The van der Waals surface area contributed by atoms with Crippen LogP contribution in [0.1, 0.15) is 11.5 Å². The van der Waals surface area contributed by atoms with Crippen LogP contribution in [0.15, 0.2) is 41.5 Å². The van der Waals surface area contributed by atoms with Gasteiger partial charge in [0.15, 0.2) is 0 Å². The lowest BCUT2D eigenvalue weighted by molar-refractivity contribution is -0.138. The van der Waals surface area contributed by atoms with Gasteiger partial charge < -0.3 is 15.8 Å². The fourth-order valence-corrected chi connectivity index (χ4v) is 1.77. The first kappa shape index (κ1) is 12.1. The molecule has 1 atom stereocenters. The minimum Gasteiger partial charge on any atom is -0.481 e. The summed E-state index contributed by atoms with van der Waals surface area (Å²) in [6.07, 6.45) is 3.14. The highest BCUT2D eigenvalue weighted by Crippen LogP contribution is 2.16. The van der Waals surface area contributed by atoms with Crippen molar-refractivity contribution in [3.8, 4) is 5.69 Å². The normalized spacial score (nSPS) is 12.3. The number of imidazole rings is 1. The van der Waals surface area contributed by atoms with Crippen molar-refractivity contribution < 1.29 is 9.90 Å². The molecule has 0 saturated heterocycles. The van der Waals surface area contributed by atoms with Crippen LogP contribution >= 0.6 is 0 Å². The third-order valence-corrected chi connectivity index (χ3v) is 2.76. The molecule has 4 N–H and O–H groups in total. The fourth-order valence-electron chi connectivity index (χ4n) is 1.77. The second-order valence-electron chi connectivity index (χ2n) is 3.85. The van der Waals surface area contributed by atoms with Crippen molar-refractivity contribution in [2.75, 3.05) is 6.54 Å². The molecule has 0 amide bonds. The fraction of sp³-hybridized carbons (Fsp3) is 0.167. The molecule has 1 aromatic heterocycles. The molecule has 0 saturated carbocycles. The van der Waals surface area contributed by atoms with Gasteiger partial charge in [-0.1, -0.05) is 12.1 Å². The van der Waals surface area contributed by atoms with Gasteiger partial charge in [-0.2, -0.15) is 0 Å². The Hall–Kier alpha value is -2.34. The topological polar surface area (TPSA) is 101 Å². The first-order valence-corrected chi connectivity index (χ1v) is 5.42. The van der Waals surface area contributed by atoms with Gasteiger partial charge in [-0.15, -0.1) is 0 Å². The molecule has 0 radical (unpaired) electrons. The molecule has 2 aromatic rings. The van der Waals surface area contributed by atoms with Gasteiger partial charge in [0.25, 0.3) is 0 Å². The summed E-state index contributed by atoms with van der Waals surface area (Å²) in [5, 5.41) is 8.98. The van der Waals surface area contributed by atoms with Gasteiger partial charge in [0, 0.05) is 18.9 Å². The number of carboxylic acids is 1. The number of aliphatic carboxylic acids is 1. The van der Waals surface area contributed by atoms with Crippen molar-refractivity contribution in [3.05, 3.63) is 52.7 Å². The maximum absolute atomic E-state index is 11.4. The predicted octanol–water partition coefficient (Wildman–Crippen LogP) is 0.292. The summed E-state index contributed by atoms with van der Waals surface area (Å²) in [5.74, 6) is -1.67. The minimum atomic E-state index is -0.955. The van der Waals surface area contributed by atoms with Crippen molar-refractivity contribution in [3.63, 3.8) is 0 Å². The monoisotopic (exact) mass is 247 g/mol. The molecule has 1 aromatic carbocycles. The zero-order chi connectivity index (χ0) is 13.1. The van der Waals surface area contributed by atoms with E-state index in [0.29, 0.717) is 11.3 Å². The zero-order valence-electron chi connectivity index (χ0n) is 9.54. The van der Waals surface area contributed by atoms with Gasteiger partial charge in [-0.05, 0) is 17.7 Å². The predicted molar refractivity (Wildman–Crippen MR) is 65.8 cm³/mol. The lowest BCUT2D eigenvalue weighted by Gasteiger charge is -2.10. The van der Waals surface area contributed by atoms with Crippen LogP contribution in [0, 0.1) is 0 Å². The molecule has 0 bridgehead atoms. The maximum atomic E-state index is 11.4. The summed E-state index contributed by atoms with van der Waals surface area (Å²) in [6, 6.07) is 6.72. The standard InChI is InChI=1S/C12H13N3O3/c13-7-10(11(16)17)8-1-3-9(4-2-8)15-6-5-14-12(15)18/h1-6,10H,7,13H2,(H,14,18)(H,16,17). The molecule has 0 aliphatic carbocycles. The molecule has 6 heteroatoms. The number of carboxylic acid groups (broad SMARTS) is 1. The average Bonchev–Trinajstić information content (AvgIpc) is 2.77. The number of benzene rings is 1. The van der Waals surface area contributed by atoms with Gasteiger partial charge in [0.1, 0.15) is 0 Å². The van der Waals surface area contributed by atoms with Crippen LogP contribution in [0.3, 0.4) is 0 Å². The van der Waals surface area contributed by atoms with E-state index >= 15 is 0 Å². The number of nitrogens with two attached hydrogens (primary N) is 1. The lowest BCUT2D eigenvalue weighted by atomic mass is 9.99. The molecule has 0 aliphatic rings. The van der Waals surface area contributed by atoms with Crippen molar-refractivity contribution >= 4 is 5.97 Å². The number of H-pyrrole nitrogens is 1. The van der Waals surface area contributed by atoms with Crippen LogP contribution in [-0.2, 0) is 4.79 Å². The summed E-state index contributed by atoms with van der Waals surface area (Å²) >= 11 is 0. The highest BCUT2D eigenvalue weighted by Gasteiger charge is 2.17. The number of carbonyl (C=O) groups is 1. The highest BCUT2D eigenvalue weighted by atomic mass is 16.4. The number of aromatic nitrogens is 2. The first-order valence-electron chi connectivity index (χ1n) is 5.42. The Balaban J connectivity index is 2.33. The summed E-state index contributed by atoms with van der Waals surface area (Å²) in [5.41, 5.74) is 6.48. The molecule has 6 nitrogen and oxygen atoms in total. The number of nitrogens with zero attached hydrogens (tertiary/aromatic N) is 1. The molecule has 94 valence electrons. The lowest BCUT2D eigenvalue weighted by Crippen LogP contribution is -2.21. The van der Waals surface area contributed by atoms with E-state index in [1.807, 2.05) is 0 Å². The smallest absolute Gasteiger partial charge is 0.330 e. The Morgan fingerprint density at radius 1 is 1.39 bits per heavy atom. The van der Waals surface area contributed by atoms with E-state index in [9.17, 15) is 9.59 Å². The molecule has 0 spiro atoms. The number of nitrogens with one attached hydrogen (secondary N) is 1. The van der Waals surface area contributed by atoms with Crippen LogP contribution in [0.4, 0.5) is 0 Å². The van der Waals surface area contributed by atoms with Crippen LogP contribution < -0.4 is 11.4 Å². The average molecular weight is 247 g/mol. The Bertz CT molecular complexity index is 598. The zero-order valence-corrected chi connectivity index (χ0v) is 9.54. The van der Waals surface area contributed by atoms with Crippen molar-refractivity contribution in [2.45, 2.75) is 5.92 Å². The van der Waals surface area contributed by atoms with Gasteiger partial charge >= 0.3 is 11.7 Å². The maximum Gasteiger partial charge on any atom is 0.330 e. The van der Waals surface area contributed by atoms with Crippen LogP contribution in [0.2, 0.25) is 0 Å². The first-order chi connectivity index (χ1) is 8.63.